The first-order valence-electron chi connectivity index (χ1n) is 11.3. The molecule has 33 heavy (non-hydrogen) atoms. The Balaban J connectivity index is 1.47. The maximum Gasteiger partial charge on any atom is 0.332 e. The number of amides is 2. The van der Waals surface area contributed by atoms with Crippen LogP contribution < -0.4 is 16.6 Å². The Kier molecular flexibility index (Phi) is 7.39. The second kappa shape index (κ2) is 10.6. The van der Waals surface area contributed by atoms with Crippen molar-refractivity contribution in [2.45, 2.75) is 45.2 Å². The molecule has 0 saturated carbocycles. The maximum absolute atomic E-state index is 13.1. The zero-order chi connectivity index (χ0) is 23.2. The number of aromatic nitrogens is 2. The minimum atomic E-state index is -0.560. The van der Waals surface area contributed by atoms with Gasteiger partial charge < -0.3 is 10.2 Å². The molecule has 8 nitrogen and oxygen atoms in total. The highest BCUT2D eigenvalue weighted by atomic mass is 32.1. The third-order valence-corrected chi connectivity index (χ3v) is 6.87. The highest BCUT2D eigenvalue weighted by Gasteiger charge is 2.20. The summed E-state index contributed by atoms with van der Waals surface area (Å²) >= 11 is 1.24. The van der Waals surface area contributed by atoms with E-state index in [1.54, 1.807) is 16.3 Å². The highest BCUT2D eigenvalue weighted by molar-refractivity contribution is 7.17. The van der Waals surface area contributed by atoms with Crippen molar-refractivity contribution >= 4 is 33.4 Å². The number of nitrogens with zero attached hydrogens (tertiary/aromatic N) is 3. The molecule has 1 saturated heterocycles. The van der Waals surface area contributed by atoms with Gasteiger partial charge in [-0.15, -0.1) is 11.3 Å². The van der Waals surface area contributed by atoms with E-state index in [4.69, 9.17) is 0 Å². The molecule has 0 spiro atoms. The van der Waals surface area contributed by atoms with E-state index in [0.29, 0.717) is 23.2 Å². The van der Waals surface area contributed by atoms with E-state index in [1.807, 2.05) is 30.3 Å². The van der Waals surface area contributed by atoms with Crippen molar-refractivity contribution in [2.75, 3.05) is 19.6 Å². The summed E-state index contributed by atoms with van der Waals surface area (Å²) in [5, 5.41) is 4.58. The average Bonchev–Trinajstić information content (AvgIpc) is 3.33. The lowest BCUT2D eigenvalue weighted by Gasteiger charge is -2.26. The molecular weight excluding hydrogens is 440 g/mol. The minimum Gasteiger partial charge on any atom is -0.354 e. The summed E-state index contributed by atoms with van der Waals surface area (Å²) in [6, 6.07) is 11.5. The number of rotatable bonds is 8. The number of carbonyl (C=O) groups is 2. The molecule has 2 aromatic heterocycles. The molecule has 1 aromatic carbocycles. The van der Waals surface area contributed by atoms with Gasteiger partial charge in [-0.1, -0.05) is 30.3 Å². The van der Waals surface area contributed by atoms with Crippen molar-refractivity contribution < 1.29 is 9.59 Å². The topological polar surface area (TPSA) is 93.4 Å². The quantitative estimate of drug-likeness (QED) is 0.547. The lowest BCUT2D eigenvalue weighted by molar-refractivity contribution is -0.132. The summed E-state index contributed by atoms with van der Waals surface area (Å²) in [5.41, 5.74) is 0.599. The van der Waals surface area contributed by atoms with Crippen LogP contribution in [-0.2, 0) is 29.1 Å². The monoisotopic (exact) mass is 468 g/mol. The Morgan fingerprint density at radius 1 is 0.970 bits per heavy atom. The van der Waals surface area contributed by atoms with Gasteiger partial charge in [-0.05, 0) is 42.7 Å². The van der Waals surface area contributed by atoms with Crippen LogP contribution in [0.3, 0.4) is 0 Å². The normalized spacial score (nSPS) is 13.9. The third kappa shape index (κ3) is 5.42. The van der Waals surface area contributed by atoms with Gasteiger partial charge in [-0.25, -0.2) is 4.79 Å². The Labute approximate surface area is 195 Å². The summed E-state index contributed by atoms with van der Waals surface area (Å²) in [6.07, 6.45) is 3.87. The minimum absolute atomic E-state index is 0.0104. The number of hydrogen-bond acceptors (Lipinski definition) is 5. The van der Waals surface area contributed by atoms with E-state index < -0.39 is 11.2 Å². The van der Waals surface area contributed by atoms with Gasteiger partial charge in [0.15, 0.2) is 0 Å². The standard InChI is InChI=1S/C24H28N4O4S/c29-20(25-12-9-18-7-3-1-4-8-18)17-28-19-11-16-33-22(19)23(31)27(24(28)32)15-10-21(30)26-13-5-2-6-14-26/h1,3-4,7-8,11,16H,2,5-6,9-10,12-15,17H2,(H,25,29). The lowest BCUT2D eigenvalue weighted by atomic mass is 10.1. The summed E-state index contributed by atoms with van der Waals surface area (Å²) in [5.74, 6) is -0.340. The van der Waals surface area contributed by atoms with E-state index in [-0.39, 0.29) is 31.3 Å². The molecule has 3 aromatic rings. The van der Waals surface area contributed by atoms with E-state index in [0.717, 1.165) is 42.5 Å². The summed E-state index contributed by atoms with van der Waals surface area (Å²) in [7, 11) is 0. The fraction of sp³-hybridized carbons (Fsp3) is 0.417. The second-order valence-corrected chi connectivity index (χ2v) is 9.15. The number of thiophene rings is 1. The molecule has 1 N–H and O–H groups in total. The van der Waals surface area contributed by atoms with E-state index in [9.17, 15) is 19.2 Å². The number of piperidine rings is 1. The molecule has 0 unspecified atom stereocenters. The maximum atomic E-state index is 13.1. The van der Waals surface area contributed by atoms with Crippen LogP contribution in [0.4, 0.5) is 0 Å². The molecular formula is C24H28N4O4S. The summed E-state index contributed by atoms with van der Waals surface area (Å²) < 4.78 is 2.84. The van der Waals surface area contributed by atoms with Crippen LogP contribution >= 0.6 is 11.3 Å². The van der Waals surface area contributed by atoms with Gasteiger partial charge in [-0.3, -0.25) is 23.5 Å². The average molecular weight is 469 g/mol. The zero-order valence-electron chi connectivity index (χ0n) is 18.5. The predicted molar refractivity (Wildman–Crippen MR) is 129 cm³/mol. The largest absolute Gasteiger partial charge is 0.354 e. The molecule has 1 aliphatic rings. The Bertz CT molecular complexity index is 1240. The Hall–Kier alpha value is -3.20. The first kappa shape index (κ1) is 23.0. The molecule has 0 atom stereocenters. The predicted octanol–water partition coefficient (Wildman–Crippen LogP) is 1.99. The van der Waals surface area contributed by atoms with Crippen molar-refractivity contribution in [2.24, 2.45) is 0 Å². The van der Waals surface area contributed by atoms with Crippen LogP contribution in [0.2, 0.25) is 0 Å². The van der Waals surface area contributed by atoms with Crippen molar-refractivity contribution in [3.05, 3.63) is 68.2 Å². The van der Waals surface area contributed by atoms with Crippen molar-refractivity contribution in [3.8, 4) is 0 Å². The fourth-order valence-corrected chi connectivity index (χ4v) is 5.03. The number of carbonyl (C=O) groups excluding carboxylic acids is 2. The SMILES string of the molecule is O=C(Cn1c(=O)n(CCC(=O)N2CCCCC2)c(=O)c2sccc21)NCCc1ccccc1. The van der Waals surface area contributed by atoms with Crippen molar-refractivity contribution in [1.29, 1.82) is 0 Å². The van der Waals surface area contributed by atoms with Gasteiger partial charge >= 0.3 is 5.69 Å². The first-order chi connectivity index (χ1) is 16.0. The van der Waals surface area contributed by atoms with Crippen LogP contribution in [0.1, 0.15) is 31.2 Å². The third-order valence-electron chi connectivity index (χ3n) is 5.97. The Morgan fingerprint density at radius 2 is 1.73 bits per heavy atom. The van der Waals surface area contributed by atoms with Crippen LogP contribution in [0.25, 0.3) is 10.2 Å². The van der Waals surface area contributed by atoms with Crippen molar-refractivity contribution in [3.63, 3.8) is 0 Å². The Morgan fingerprint density at radius 3 is 2.48 bits per heavy atom. The van der Waals surface area contributed by atoms with Gasteiger partial charge in [0.2, 0.25) is 11.8 Å². The molecule has 2 amide bonds. The molecule has 0 radical (unpaired) electrons. The van der Waals surface area contributed by atoms with Crippen LogP contribution in [0, 0.1) is 0 Å². The summed E-state index contributed by atoms with van der Waals surface area (Å²) in [4.78, 5) is 53.0. The van der Waals surface area contributed by atoms with Gasteiger partial charge in [0.25, 0.3) is 5.56 Å². The molecule has 0 bridgehead atoms. The second-order valence-electron chi connectivity index (χ2n) is 8.24. The first-order valence-corrected chi connectivity index (χ1v) is 12.2. The number of likely N-dealkylation sites (tertiary alicyclic amines) is 1. The molecule has 3 heterocycles. The van der Waals surface area contributed by atoms with Crippen LogP contribution in [-0.4, -0.2) is 45.5 Å². The van der Waals surface area contributed by atoms with Crippen LogP contribution in [0.5, 0.6) is 0 Å². The number of fused-ring (bicyclic) bond motifs is 1. The molecule has 0 aliphatic carbocycles. The fourth-order valence-electron chi connectivity index (χ4n) is 4.18. The zero-order valence-corrected chi connectivity index (χ0v) is 19.3. The van der Waals surface area contributed by atoms with E-state index >= 15 is 0 Å². The van der Waals surface area contributed by atoms with Gasteiger partial charge in [-0.2, -0.15) is 0 Å². The number of nitrogens with one attached hydrogen (secondary N) is 1. The summed E-state index contributed by atoms with van der Waals surface area (Å²) in [6.45, 7) is 1.74. The lowest BCUT2D eigenvalue weighted by Crippen LogP contribution is -2.43. The van der Waals surface area contributed by atoms with Crippen LogP contribution in [0.15, 0.2) is 51.4 Å². The van der Waals surface area contributed by atoms with Crippen molar-refractivity contribution in [1.82, 2.24) is 19.4 Å². The molecule has 1 aliphatic heterocycles. The molecule has 9 heteroatoms. The molecule has 1 fully saturated rings. The van der Waals surface area contributed by atoms with Gasteiger partial charge in [0.1, 0.15) is 11.2 Å². The van der Waals surface area contributed by atoms with E-state index in [2.05, 4.69) is 5.32 Å². The number of benzene rings is 1. The van der Waals surface area contributed by atoms with Gasteiger partial charge in [0, 0.05) is 32.6 Å². The highest BCUT2D eigenvalue weighted by Crippen LogP contribution is 2.15. The van der Waals surface area contributed by atoms with E-state index in [1.165, 1.54) is 15.9 Å². The smallest absolute Gasteiger partial charge is 0.332 e. The number of hydrogen-bond donors (Lipinski definition) is 1. The van der Waals surface area contributed by atoms with Gasteiger partial charge in [0.05, 0.1) is 5.52 Å². The molecule has 174 valence electrons. The molecule has 4 rings (SSSR count).